The molecule has 10 heteroatoms. The summed E-state index contributed by atoms with van der Waals surface area (Å²) in [4.78, 5) is -0.0405. The lowest BCUT2D eigenvalue weighted by Gasteiger charge is -2.24. The highest BCUT2D eigenvalue weighted by Crippen LogP contribution is 2.28. The van der Waals surface area contributed by atoms with Crippen LogP contribution in [0.5, 0.6) is 11.5 Å². The normalized spacial score (nSPS) is 12.6. The summed E-state index contributed by atoms with van der Waals surface area (Å²) >= 11 is 0. The Morgan fingerprint density at radius 3 is 2.21 bits per heavy atom. The molecule has 1 aromatic carbocycles. The number of nitrogens with zero attached hydrogens (tertiary/aromatic N) is 1. The van der Waals surface area contributed by atoms with Gasteiger partial charge in [0.25, 0.3) is 0 Å². The molecule has 1 aromatic rings. The van der Waals surface area contributed by atoms with Gasteiger partial charge in [0.1, 0.15) is 16.4 Å². The second-order valence-corrected chi connectivity index (χ2v) is 9.05. The highest BCUT2D eigenvalue weighted by Gasteiger charge is 2.23. The Balaban J connectivity index is 2.91. The van der Waals surface area contributed by atoms with Crippen LogP contribution in [-0.2, 0) is 20.0 Å². The van der Waals surface area contributed by atoms with E-state index in [9.17, 15) is 16.8 Å². The molecule has 0 saturated carbocycles. The molecular formula is C14H24N2O6S2. The van der Waals surface area contributed by atoms with Gasteiger partial charge in [0.05, 0.1) is 20.5 Å². The smallest absolute Gasteiger partial charge is 0.244 e. The first kappa shape index (κ1) is 20.7. The number of nitrogens with one attached hydrogen (secondary N) is 1. The van der Waals surface area contributed by atoms with Crippen molar-refractivity contribution in [2.24, 2.45) is 0 Å². The average molecular weight is 380 g/mol. The van der Waals surface area contributed by atoms with Gasteiger partial charge in [-0.1, -0.05) is 0 Å². The molecule has 24 heavy (non-hydrogen) atoms. The van der Waals surface area contributed by atoms with Gasteiger partial charge in [0.2, 0.25) is 20.0 Å². The topological polar surface area (TPSA) is 102 Å². The molecule has 0 spiro atoms. The Labute approximate surface area is 143 Å². The number of ether oxygens (including phenoxy) is 2. The number of rotatable bonds is 9. The van der Waals surface area contributed by atoms with Crippen LogP contribution < -0.4 is 14.2 Å². The van der Waals surface area contributed by atoms with Crippen molar-refractivity contribution in [2.75, 3.05) is 33.6 Å². The average Bonchev–Trinajstić information content (AvgIpc) is 2.49. The molecule has 0 amide bonds. The van der Waals surface area contributed by atoms with E-state index in [1.165, 1.54) is 36.7 Å². The maximum absolute atomic E-state index is 12.4. The molecular weight excluding hydrogens is 356 g/mol. The van der Waals surface area contributed by atoms with Crippen LogP contribution in [0, 0.1) is 0 Å². The predicted molar refractivity (Wildman–Crippen MR) is 91.4 cm³/mol. The third-order valence-corrected chi connectivity index (χ3v) is 6.24. The van der Waals surface area contributed by atoms with Gasteiger partial charge in [-0.25, -0.2) is 21.6 Å². The summed E-state index contributed by atoms with van der Waals surface area (Å²) in [7, 11) is -4.43. The first-order chi connectivity index (χ1) is 11.0. The minimum absolute atomic E-state index is 0.0359. The molecule has 0 radical (unpaired) electrons. The molecule has 0 aliphatic rings. The van der Waals surface area contributed by atoms with E-state index in [1.807, 2.05) is 0 Å². The third kappa shape index (κ3) is 5.33. The van der Waals surface area contributed by atoms with Gasteiger partial charge in [0.15, 0.2) is 0 Å². The first-order valence-corrected chi connectivity index (χ1v) is 10.5. The van der Waals surface area contributed by atoms with Gasteiger partial charge in [0, 0.05) is 25.2 Å². The van der Waals surface area contributed by atoms with Crippen LogP contribution in [-0.4, -0.2) is 60.7 Å². The van der Waals surface area contributed by atoms with E-state index in [2.05, 4.69) is 4.72 Å². The summed E-state index contributed by atoms with van der Waals surface area (Å²) in [5.74, 6) is 0.611. The van der Waals surface area contributed by atoms with E-state index in [1.54, 1.807) is 13.8 Å². The van der Waals surface area contributed by atoms with Crippen molar-refractivity contribution in [3.8, 4) is 11.5 Å². The number of methoxy groups -OCH3 is 2. The van der Waals surface area contributed by atoms with Gasteiger partial charge < -0.3 is 9.47 Å². The fourth-order valence-electron chi connectivity index (χ4n) is 2.17. The third-order valence-electron chi connectivity index (χ3n) is 3.29. The molecule has 0 heterocycles. The van der Waals surface area contributed by atoms with Crippen molar-refractivity contribution in [1.82, 2.24) is 9.03 Å². The lowest BCUT2D eigenvalue weighted by Crippen LogP contribution is -2.41. The van der Waals surface area contributed by atoms with Gasteiger partial charge in [-0.05, 0) is 26.0 Å². The maximum atomic E-state index is 12.4. The van der Waals surface area contributed by atoms with Crippen molar-refractivity contribution in [3.63, 3.8) is 0 Å². The molecule has 1 rings (SSSR count). The first-order valence-electron chi connectivity index (χ1n) is 7.21. The van der Waals surface area contributed by atoms with Crippen LogP contribution >= 0.6 is 0 Å². The highest BCUT2D eigenvalue weighted by molar-refractivity contribution is 7.89. The summed E-state index contributed by atoms with van der Waals surface area (Å²) in [6, 6.07) is 4.08. The van der Waals surface area contributed by atoms with Gasteiger partial charge in [-0.3, -0.25) is 0 Å². The van der Waals surface area contributed by atoms with Gasteiger partial charge >= 0.3 is 0 Å². The predicted octanol–water partition coefficient (Wildman–Crippen LogP) is 0.652. The lowest BCUT2D eigenvalue weighted by atomic mass is 10.3. The van der Waals surface area contributed by atoms with E-state index in [-0.39, 0.29) is 29.8 Å². The summed E-state index contributed by atoms with van der Waals surface area (Å²) in [6.45, 7) is 3.43. The molecule has 1 N–H and O–H groups in total. The Kier molecular flexibility index (Phi) is 7.02. The summed E-state index contributed by atoms with van der Waals surface area (Å²) < 4.78 is 61.9. The SMILES string of the molecule is COc1ccc(S(=O)(=O)NCCN(C(C)C)S(C)(=O)=O)c(OC)c1. The minimum Gasteiger partial charge on any atom is -0.497 e. The fourth-order valence-corrected chi connectivity index (χ4v) is 4.53. The molecule has 0 bridgehead atoms. The van der Waals surface area contributed by atoms with Crippen LogP contribution in [0.15, 0.2) is 23.1 Å². The molecule has 0 atom stereocenters. The molecule has 138 valence electrons. The van der Waals surface area contributed by atoms with E-state index in [0.717, 1.165) is 6.26 Å². The molecule has 8 nitrogen and oxygen atoms in total. The molecule has 0 aromatic heterocycles. The summed E-state index contributed by atoms with van der Waals surface area (Å²) in [5, 5.41) is 0. The fraction of sp³-hybridized carbons (Fsp3) is 0.571. The van der Waals surface area contributed by atoms with Crippen LogP contribution in [0.2, 0.25) is 0 Å². The lowest BCUT2D eigenvalue weighted by molar-refractivity contribution is 0.359. The van der Waals surface area contributed by atoms with E-state index < -0.39 is 20.0 Å². The van der Waals surface area contributed by atoms with Crippen LogP contribution in [0.4, 0.5) is 0 Å². The minimum atomic E-state index is -3.85. The summed E-state index contributed by atoms with van der Waals surface area (Å²) in [6.07, 6.45) is 1.09. The van der Waals surface area contributed by atoms with Crippen molar-refractivity contribution >= 4 is 20.0 Å². The standard InChI is InChI=1S/C14H24N2O6S2/c1-11(2)16(23(5,17)18)9-8-15-24(19,20)14-7-6-12(21-3)10-13(14)22-4/h6-7,10-11,15H,8-9H2,1-5H3. The monoisotopic (exact) mass is 380 g/mol. The van der Waals surface area contributed by atoms with Crippen LogP contribution in [0.25, 0.3) is 0 Å². The summed E-state index contributed by atoms with van der Waals surface area (Å²) in [5.41, 5.74) is 0. The van der Waals surface area contributed by atoms with Crippen molar-refractivity contribution in [3.05, 3.63) is 18.2 Å². The van der Waals surface area contributed by atoms with E-state index >= 15 is 0 Å². The second-order valence-electron chi connectivity index (χ2n) is 5.38. The molecule has 0 aliphatic carbocycles. The molecule has 0 aliphatic heterocycles. The quantitative estimate of drug-likeness (QED) is 0.675. The van der Waals surface area contributed by atoms with Crippen molar-refractivity contribution in [2.45, 2.75) is 24.8 Å². The Morgan fingerprint density at radius 2 is 1.75 bits per heavy atom. The van der Waals surface area contributed by atoms with Gasteiger partial charge in [-0.2, -0.15) is 4.31 Å². The molecule has 0 saturated heterocycles. The van der Waals surface area contributed by atoms with E-state index in [0.29, 0.717) is 5.75 Å². The van der Waals surface area contributed by atoms with Crippen LogP contribution in [0.1, 0.15) is 13.8 Å². The number of benzene rings is 1. The molecule has 0 fully saturated rings. The van der Waals surface area contributed by atoms with E-state index in [4.69, 9.17) is 9.47 Å². The largest absolute Gasteiger partial charge is 0.497 e. The van der Waals surface area contributed by atoms with Crippen molar-refractivity contribution in [1.29, 1.82) is 0 Å². The second kappa shape index (κ2) is 8.15. The number of sulfonamides is 2. The number of hydrogen-bond donors (Lipinski definition) is 1. The zero-order chi connectivity index (χ0) is 18.5. The number of hydrogen-bond acceptors (Lipinski definition) is 6. The molecule has 0 unspecified atom stereocenters. The maximum Gasteiger partial charge on any atom is 0.244 e. The highest BCUT2D eigenvalue weighted by atomic mass is 32.2. The zero-order valence-corrected chi connectivity index (χ0v) is 16.1. The van der Waals surface area contributed by atoms with Gasteiger partial charge in [-0.15, -0.1) is 0 Å². The Morgan fingerprint density at radius 1 is 1.12 bits per heavy atom. The Hall–Kier alpha value is -1.36. The van der Waals surface area contributed by atoms with Crippen LogP contribution in [0.3, 0.4) is 0 Å². The Bertz CT molecular complexity index is 759. The zero-order valence-electron chi connectivity index (χ0n) is 14.4. The van der Waals surface area contributed by atoms with Crippen molar-refractivity contribution < 1.29 is 26.3 Å².